The van der Waals surface area contributed by atoms with Gasteiger partial charge < -0.3 is 25.6 Å². The minimum absolute atomic E-state index is 0.137. The van der Waals surface area contributed by atoms with Gasteiger partial charge in [0.05, 0.1) is 18.6 Å². The molecule has 0 bridgehead atoms. The Morgan fingerprint density at radius 3 is 2.71 bits per heavy atom. The van der Waals surface area contributed by atoms with Crippen molar-refractivity contribution in [3.63, 3.8) is 0 Å². The van der Waals surface area contributed by atoms with Crippen LogP contribution in [0.1, 0.15) is 54.8 Å². The maximum atomic E-state index is 12.6. The maximum absolute atomic E-state index is 12.6. The van der Waals surface area contributed by atoms with Crippen LogP contribution >= 0.6 is 0 Å². The first-order chi connectivity index (χ1) is 17.0. The second-order valence-corrected chi connectivity index (χ2v) is 9.54. The summed E-state index contributed by atoms with van der Waals surface area (Å²) in [4.78, 5) is 29.0. The average Bonchev–Trinajstić information content (AvgIpc) is 2.85. The summed E-state index contributed by atoms with van der Waals surface area (Å²) < 4.78 is 5.88. The zero-order valence-corrected chi connectivity index (χ0v) is 20.0. The largest absolute Gasteiger partial charge is 0.480 e. The molecule has 1 aromatic heterocycles. The predicted octanol–water partition coefficient (Wildman–Crippen LogP) is 2.90. The van der Waals surface area contributed by atoms with E-state index in [2.05, 4.69) is 22.8 Å². The summed E-state index contributed by atoms with van der Waals surface area (Å²) in [5.74, 6) is -0.771. The third-order valence-corrected chi connectivity index (χ3v) is 7.03. The van der Waals surface area contributed by atoms with Crippen molar-refractivity contribution in [2.75, 3.05) is 25.1 Å². The first kappa shape index (κ1) is 25.1. The van der Waals surface area contributed by atoms with Crippen LogP contribution in [0.25, 0.3) is 0 Å². The molecule has 1 amide bonds. The number of hydrogen-bond acceptors (Lipinski definition) is 6. The summed E-state index contributed by atoms with van der Waals surface area (Å²) in [6.45, 7) is 0.869. The predicted molar refractivity (Wildman–Crippen MR) is 132 cm³/mol. The van der Waals surface area contributed by atoms with E-state index in [0.29, 0.717) is 11.5 Å². The van der Waals surface area contributed by atoms with E-state index in [-0.39, 0.29) is 25.7 Å². The van der Waals surface area contributed by atoms with Crippen molar-refractivity contribution in [2.24, 2.45) is 5.92 Å². The maximum Gasteiger partial charge on any atom is 0.326 e. The highest BCUT2D eigenvalue weighted by atomic mass is 16.5. The minimum atomic E-state index is -1.11. The van der Waals surface area contributed by atoms with Gasteiger partial charge in [0.1, 0.15) is 11.9 Å². The third-order valence-electron chi connectivity index (χ3n) is 7.03. The van der Waals surface area contributed by atoms with Crippen molar-refractivity contribution in [3.05, 3.63) is 59.3 Å². The van der Waals surface area contributed by atoms with Gasteiger partial charge >= 0.3 is 5.97 Å². The van der Waals surface area contributed by atoms with Gasteiger partial charge in [-0.1, -0.05) is 36.4 Å². The number of amides is 1. The van der Waals surface area contributed by atoms with Gasteiger partial charge in [-0.05, 0) is 61.6 Å². The Hall–Kier alpha value is -2.97. The van der Waals surface area contributed by atoms with Crippen molar-refractivity contribution in [1.29, 1.82) is 0 Å². The number of aliphatic hydroxyl groups is 1. The molecule has 35 heavy (non-hydrogen) atoms. The van der Waals surface area contributed by atoms with Crippen LogP contribution in [-0.4, -0.2) is 59.0 Å². The molecule has 0 radical (unpaired) electrons. The van der Waals surface area contributed by atoms with Crippen molar-refractivity contribution in [1.82, 2.24) is 10.3 Å². The number of aliphatic carboxylic acids is 1. The number of carboxylic acids is 1. The number of carboxylic acid groups (broad SMARTS) is 1. The molecule has 8 nitrogen and oxygen atoms in total. The van der Waals surface area contributed by atoms with E-state index in [4.69, 9.17) is 9.72 Å². The average molecular weight is 482 g/mol. The number of carbonyl (C=O) groups excluding carboxylic acids is 1. The zero-order chi connectivity index (χ0) is 24.6. The molecule has 2 aromatic rings. The van der Waals surface area contributed by atoms with Crippen molar-refractivity contribution in [2.45, 2.75) is 63.0 Å². The van der Waals surface area contributed by atoms with Crippen molar-refractivity contribution < 1.29 is 24.5 Å². The fraction of sp³-hybridized carbons (Fsp3) is 0.519. The van der Waals surface area contributed by atoms with Gasteiger partial charge in [-0.25, -0.2) is 9.78 Å². The Bertz CT molecular complexity index is 994. The highest BCUT2D eigenvalue weighted by Crippen LogP contribution is 2.34. The number of fused-ring (bicyclic) bond motifs is 1. The Morgan fingerprint density at radius 2 is 1.97 bits per heavy atom. The normalized spacial score (nSPS) is 20.6. The van der Waals surface area contributed by atoms with Crippen molar-refractivity contribution >= 4 is 17.7 Å². The van der Waals surface area contributed by atoms with E-state index in [1.807, 2.05) is 6.07 Å². The standard InChI is InChI=1S/C27H35N3O5/c31-17-23(19-5-2-1-3-6-19)26(32)30-24(27(33)34)12-14-35-22-15-18(16-22)8-10-21-11-9-20-7-4-13-28-25(20)29-21/h1-3,5-6,9,11,18,22-24,31H,4,7-8,10,12-17H2,(H,28,29)(H,30,32)(H,33,34). The summed E-state index contributed by atoms with van der Waals surface area (Å²) in [5.41, 5.74) is 3.08. The Balaban J connectivity index is 1.15. The third kappa shape index (κ3) is 6.80. The summed E-state index contributed by atoms with van der Waals surface area (Å²) in [5, 5.41) is 25.1. The van der Waals surface area contributed by atoms with Crippen LogP contribution in [0.3, 0.4) is 0 Å². The molecule has 8 heteroatoms. The second-order valence-electron chi connectivity index (χ2n) is 9.54. The summed E-state index contributed by atoms with van der Waals surface area (Å²) in [6, 6.07) is 12.1. The summed E-state index contributed by atoms with van der Waals surface area (Å²) in [6.07, 6.45) is 6.53. The molecule has 0 saturated heterocycles. The van der Waals surface area contributed by atoms with Crippen LogP contribution < -0.4 is 10.6 Å². The van der Waals surface area contributed by atoms with Gasteiger partial charge in [-0.3, -0.25) is 4.79 Å². The zero-order valence-electron chi connectivity index (χ0n) is 20.0. The lowest BCUT2D eigenvalue weighted by Gasteiger charge is -2.35. The SMILES string of the molecule is O=C(O)C(CCOC1CC(CCc2ccc3c(n2)NCCC3)C1)NC(=O)C(CO)c1ccccc1. The summed E-state index contributed by atoms with van der Waals surface area (Å²) >= 11 is 0. The van der Waals surface area contributed by atoms with Gasteiger partial charge in [0.25, 0.3) is 0 Å². The molecule has 1 aromatic carbocycles. The van der Waals surface area contributed by atoms with Crippen LogP contribution in [0.5, 0.6) is 0 Å². The van der Waals surface area contributed by atoms with E-state index >= 15 is 0 Å². The highest BCUT2D eigenvalue weighted by Gasteiger charge is 2.31. The quantitative estimate of drug-likeness (QED) is 0.368. The number of aromatic nitrogens is 1. The number of carbonyl (C=O) groups is 2. The van der Waals surface area contributed by atoms with Crippen LogP contribution in [0.15, 0.2) is 42.5 Å². The second kappa shape index (κ2) is 12.1. The monoisotopic (exact) mass is 481 g/mol. The number of aryl methyl sites for hydroxylation is 2. The van der Waals surface area contributed by atoms with Gasteiger partial charge in [-0.15, -0.1) is 0 Å². The lowest BCUT2D eigenvalue weighted by Crippen LogP contribution is -2.44. The van der Waals surface area contributed by atoms with Crippen LogP contribution in [0, 0.1) is 5.92 Å². The molecule has 2 aliphatic rings. The van der Waals surface area contributed by atoms with Gasteiger partial charge in [0, 0.05) is 25.3 Å². The van der Waals surface area contributed by atoms with Gasteiger partial charge in [0.2, 0.25) is 5.91 Å². The number of rotatable bonds is 12. The molecule has 1 aliphatic heterocycles. The molecule has 0 spiro atoms. The smallest absolute Gasteiger partial charge is 0.326 e. The molecule has 2 unspecified atom stereocenters. The fourth-order valence-corrected chi connectivity index (χ4v) is 4.81. The number of hydrogen-bond donors (Lipinski definition) is 4. The number of anilines is 1. The molecule has 2 atom stereocenters. The molecule has 1 aliphatic carbocycles. The first-order valence-electron chi connectivity index (χ1n) is 12.6. The molecule has 1 fully saturated rings. The topological polar surface area (TPSA) is 121 Å². The molecular formula is C27H35N3O5. The van der Waals surface area contributed by atoms with E-state index in [0.717, 1.165) is 56.6 Å². The number of pyridine rings is 1. The molecular weight excluding hydrogens is 446 g/mol. The van der Waals surface area contributed by atoms with E-state index in [1.165, 1.54) is 5.56 Å². The Morgan fingerprint density at radius 1 is 1.17 bits per heavy atom. The number of benzene rings is 1. The Kier molecular flexibility index (Phi) is 8.71. The lowest BCUT2D eigenvalue weighted by molar-refractivity contribution is -0.143. The van der Waals surface area contributed by atoms with Gasteiger partial charge in [-0.2, -0.15) is 0 Å². The number of ether oxygens (including phenoxy) is 1. The molecule has 4 N–H and O–H groups in total. The van der Waals surface area contributed by atoms with Crippen LogP contribution in [-0.2, 0) is 27.2 Å². The van der Waals surface area contributed by atoms with Crippen LogP contribution in [0.4, 0.5) is 5.82 Å². The highest BCUT2D eigenvalue weighted by molar-refractivity contribution is 5.88. The van der Waals surface area contributed by atoms with E-state index in [1.54, 1.807) is 24.3 Å². The van der Waals surface area contributed by atoms with Crippen LogP contribution in [0.2, 0.25) is 0 Å². The van der Waals surface area contributed by atoms with E-state index < -0.39 is 23.8 Å². The fourth-order valence-electron chi connectivity index (χ4n) is 4.81. The Labute approximate surface area is 206 Å². The van der Waals surface area contributed by atoms with Gasteiger partial charge in [0.15, 0.2) is 0 Å². The number of aliphatic hydroxyl groups excluding tert-OH is 1. The molecule has 4 rings (SSSR count). The summed E-state index contributed by atoms with van der Waals surface area (Å²) in [7, 11) is 0. The molecule has 188 valence electrons. The van der Waals surface area contributed by atoms with Crippen molar-refractivity contribution in [3.8, 4) is 0 Å². The minimum Gasteiger partial charge on any atom is -0.480 e. The lowest BCUT2D eigenvalue weighted by atomic mass is 9.79. The first-order valence-corrected chi connectivity index (χ1v) is 12.6. The number of nitrogens with zero attached hydrogens (tertiary/aromatic N) is 1. The molecule has 2 heterocycles. The van der Waals surface area contributed by atoms with E-state index in [9.17, 15) is 19.8 Å². The number of nitrogens with one attached hydrogen (secondary N) is 2. The molecule has 1 saturated carbocycles.